The molecule has 134 valence electrons. The number of fused-ring (bicyclic) bond motifs is 1. The van der Waals surface area contributed by atoms with Gasteiger partial charge in [0.15, 0.2) is 17.3 Å². The minimum Gasteiger partial charge on any atom is -0.493 e. The molecule has 1 aliphatic rings. The van der Waals surface area contributed by atoms with Gasteiger partial charge in [-0.05, 0) is 40.5 Å². The third-order valence-electron chi connectivity index (χ3n) is 4.89. The Morgan fingerprint density at radius 3 is 2.11 bits per heavy atom. The van der Waals surface area contributed by atoms with E-state index in [9.17, 15) is 4.79 Å². The van der Waals surface area contributed by atoms with Gasteiger partial charge in [0.25, 0.3) is 0 Å². The number of hydrogen-bond donors (Lipinski definition) is 0. The van der Waals surface area contributed by atoms with Crippen molar-refractivity contribution in [2.75, 3.05) is 14.2 Å². The molecule has 3 nitrogen and oxygen atoms in total. The van der Waals surface area contributed by atoms with Gasteiger partial charge in [-0.2, -0.15) is 0 Å². The van der Waals surface area contributed by atoms with Gasteiger partial charge in [-0.25, -0.2) is 0 Å². The van der Waals surface area contributed by atoms with E-state index in [1.807, 2.05) is 42.5 Å². The molecule has 0 unspecified atom stereocenters. The number of methoxy groups -OCH3 is 2. The Morgan fingerprint density at radius 1 is 0.815 bits per heavy atom. The summed E-state index contributed by atoms with van der Waals surface area (Å²) >= 11 is 0. The Balaban J connectivity index is 1.62. The number of benzene rings is 3. The summed E-state index contributed by atoms with van der Waals surface area (Å²) in [5.74, 6) is 1.29. The highest BCUT2D eigenvalue weighted by molar-refractivity contribution is 6.16. The van der Waals surface area contributed by atoms with Gasteiger partial charge in [-0.3, -0.25) is 4.79 Å². The van der Waals surface area contributed by atoms with Crippen molar-refractivity contribution in [2.24, 2.45) is 0 Å². The van der Waals surface area contributed by atoms with Crippen molar-refractivity contribution in [2.45, 2.75) is 6.42 Å². The molecule has 27 heavy (non-hydrogen) atoms. The molecule has 0 atom stereocenters. The van der Waals surface area contributed by atoms with Crippen LogP contribution in [0.5, 0.6) is 11.5 Å². The first-order valence-corrected chi connectivity index (χ1v) is 8.85. The molecule has 0 bridgehead atoms. The van der Waals surface area contributed by atoms with Crippen LogP contribution in [0.1, 0.15) is 21.5 Å². The van der Waals surface area contributed by atoms with Gasteiger partial charge in [0.05, 0.1) is 14.2 Å². The Morgan fingerprint density at radius 2 is 1.44 bits per heavy atom. The molecular formula is C24H20O3. The van der Waals surface area contributed by atoms with Crippen molar-refractivity contribution in [3.8, 4) is 22.6 Å². The summed E-state index contributed by atoms with van der Waals surface area (Å²) in [5, 5.41) is 0. The molecule has 0 aromatic heterocycles. The van der Waals surface area contributed by atoms with Crippen LogP contribution in [0, 0.1) is 0 Å². The summed E-state index contributed by atoms with van der Waals surface area (Å²) in [4.78, 5) is 12.8. The van der Waals surface area contributed by atoms with Crippen molar-refractivity contribution >= 4 is 11.9 Å². The van der Waals surface area contributed by atoms with Crippen LogP contribution in [0.3, 0.4) is 0 Å². The number of Topliss-reactive ketones (excluding diaryl/α,β-unsaturated/α-hetero) is 1. The highest BCUT2D eigenvalue weighted by Crippen LogP contribution is 2.37. The van der Waals surface area contributed by atoms with Crippen LogP contribution >= 0.6 is 0 Å². The zero-order valence-corrected chi connectivity index (χ0v) is 15.4. The highest BCUT2D eigenvalue weighted by atomic mass is 16.5. The lowest BCUT2D eigenvalue weighted by Crippen LogP contribution is -1.97. The fourth-order valence-corrected chi connectivity index (χ4v) is 3.46. The van der Waals surface area contributed by atoms with Crippen LogP contribution in [0.25, 0.3) is 17.2 Å². The number of allylic oxidation sites excluding steroid dienone is 1. The molecule has 4 rings (SSSR count). The Labute approximate surface area is 158 Å². The van der Waals surface area contributed by atoms with Gasteiger partial charge in [-0.1, -0.05) is 54.6 Å². The molecule has 0 heterocycles. The van der Waals surface area contributed by atoms with Crippen molar-refractivity contribution in [3.63, 3.8) is 0 Å². The molecule has 3 heteroatoms. The van der Waals surface area contributed by atoms with Crippen LogP contribution in [-0.4, -0.2) is 20.0 Å². The van der Waals surface area contributed by atoms with Gasteiger partial charge in [0.2, 0.25) is 0 Å². The SMILES string of the molecule is COc1cc2c(cc1OC)C(=O)/C(=C\c1ccc(-c3ccccc3)cc1)C2. The van der Waals surface area contributed by atoms with Gasteiger partial charge in [-0.15, -0.1) is 0 Å². The summed E-state index contributed by atoms with van der Waals surface area (Å²) in [6.07, 6.45) is 2.57. The predicted molar refractivity (Wildman–Crippen MR) is 107 cm³/mol. The Kier molecular flexibility index (Phi) is 4.51. The molecule has 3 aromatic carbocycles. The second-order valence-corrected chi connectivity index (χ2v) is 6.53. The minimum atomic E-state index is 0.0538. The molecule has 0 amide bonds. The van der Waals surface area contributed by atoms with E-state index >= 15 is 0 Å². The molecule has 0 saturated carbocycles. The Bertz CT molecular complexity index is 1020. The second-order valence-electron chi connectivity index (χ2n) is 6.53. The first-order chi connectivity index (χ1) is 13.2. The first kappa shape index (κ1) is 17.1. The second kappa shape index (κ2) is 7.12. The molecule has 0 aliphatic heterocycles. The van der Waals surface area contributed by atoms with Crippen LogP contribution in [0.4, 0.5) is 0 Å². The summed E-state index contributed by atoms with van der Waals surface area (Å²) in [7, 11) is 3.18. The molecular weight excluding hydrogens is 336 g/mol. The fourth-order valence-electron chi connectivity index (χ4n) is 3.46. The lowest BCUT2D eigenvalue weighted by Gasteiger charge is -2.08. The molecule has 0 radical (unpaired) electrons. The van der Waals surface area contributed by atoms with Crippen molar-refractivity contribution < 1.29 is 14.3 Å². The number of carbonyl (C=O) groups excluding carboxylic acids is 1. The van der Waals surface area contributed by atoms with Gasteiger partial charge in [0.1, 0.15) is 0 Å². The molecule has 0 N–H and O–H groups in total. The average molecular weight is 356 g/mol. The number of ether oxygens (including phenoxy) is 2. The molecule has 0 spiro atoms. The van der Waals surface area contributed by atoms with E-state index in [0.29, 0.717) is 23.5 Å². The van der Waals surface area contributed by atoms with E-state index in [4.69, 9.17) is 9.47 Å². The van der Waals surface area contributed by atoms with E-state index in [2.05, 4.69) is 24.3 Å². The maximum Gasteiger partial charge on any atom is 0.189 e. The summed E-state index contributed by atoms with van der Waals surface area (Å²) in [6.45, 7) is 0. The van der Waals surface area contributed by atoms with Crippen LogP contribution in [0.15, 0.2) is 72.3 Å². The lowest BCUT2D eigenvalue weighted by molar-refractivity contribution is 0.104. The lowest BCUT2D eigenvalue weighted by atomic mass is 10.0. The fraction of sp³-hybridized carbons (Fsp3) is 0.125. The first-order valence-electron chi connectivity index (χ1n) is 8.85. The van der Waals surface area contributed by atoms with E-state index in [1.54, 1.807) is 20.3 Å². The van der Waals surface area contributed by atoms with Gasteiger partial charge in [0, 0.05) is 17.6 Å². The summed E-state index contributed by atoms with van der Waals surface area (Å²) in [5.41, 5.74) is 5.82. The zero-order valence-electron chi connectivity index (χ0n) is 15.4. The van der Waals surface area contributed by atoms with Crippen molar-refractivity contribution in [3.05, 3.63) is 89.0 Å². The third-order valence-corrected chi connectivity index (χ3v) is 4.89. The maximum atomic E-state index is 12.8. The monoisotopic (exact) mass is 356 g/mol. The minimum absolute atomic E-state index is 0.0538. The highest BCUT2D eigenvalue weighted by Gasteiger charge is 2.27. The maximum absolute atomic E-state index is 12.8. The van der Waals surface area contributed by atoms with Crippen molar-refractivity contribution in [1.29, 1.82) is 0 Å². The van der Waals surface area contributed by atoms with Crippen molar-refractivity contribution in [1.82, 2.24) is 0 Å². The number of ketones is 1. The zero-order chi connectivity index (χ0) is 18.8. The van der Waals surface area contributed by atoms with E-state index < -0.39 is 0 Å². The van der Waals surface area contributed by atoms with Crippen LogP contribution in [0.2, 0.25) is 0 Å². The Hall–Kier alpha value is -3.33. The van der Waals surface area contributed by atoms with E-state index in [0.717, 1.165) is 22.3 Å². The molecule has 0 saturated heterocycles. The largest absolute Gasteiger partial charge is 0.493 e. The summed E-state index contributed by atoms with van der Waals surface area (Å²) < 4.78 is 10.7. The third kappa shape index (κ3) is 3.24. The average Bonchev–Trinajstić information content (AvgIpc) is 3.02. The molecule has 1 aliphatic carbocycles. The van der Waals surface area contributed by atoms with Crippen LogP contribution < -0.4 is 9.47 Å². The number of carbonyl (C=O) groups is 1. The number of rotatable bonds is 4. The van der Waals surface area contributed by atoms with E-state index in [-0.39, 0.29) is 5.78 Å². The smallest absolute Gasteiger partial charge is 0.189 e. The quantitative estimate of drug-likeness (QED) is 0.603. The van der Waals surface area contributed by atoms with E-state index in [1.165, 1.54) is 5.56 Å². The topological polar surface area (TPSA) is 35.5 Å². The number of hydrogen-bond acceptors (Lipinski definition) is 3. The molecule has 0 fully saturated rings. The standard InChI is InChI=1S/C24H20O3/c1-26-22-14-19-13-20(24(25)21(19)15-23(22)27-2)12-16-8-10-18(11-9-16)17-6-4-3-5-7-17/h3-12,14-15H,13H2,1-2H3/b20-12-. The molecule has 3 aromatic rings. The van der Waals surface area contributed by atoms with Gasteiger partial charge >= 0.3 is 0 Å². The predicted octanol–water partition coefficient (Wildman–Crippen LogP) is 5.19. The van der Waals surface area contributed by atoms with Gasteiger partial charge < -0.3 is 9.47 Å². The summed E-state index contributed by atoms with van der Waals surface area (Å²) in [6, 6.07) is 22.2. The van der Waals surface area contributed by atoms with Crippen LogP contribution in [-0.2, 0) is 6.42 Å². The normalized spacial score (nSPS) is 14.3.